The summed E-state index contributed by atoms with van der Waals surface area (Å²) in [6, 6.07) is 0. The number of hydrogen-bond acceptors (Lipinski definition) is 5. The maximum atomic E-state index is 10.6. The summed E-state index contributed by atoms with van der Waals surface area (Å²) in [5.74, 6) is -0.366. The molecule has 3 heterocycles. The molecule has 3 rings (SSSR count). The number of nitro groups is 1. The van der Waals surface area contributed by atoms with E-state index in [4.69, 9.17) is 0 Å². The predicted molar refractivity (Wildman–Crippen MR) is 43.9 cm³/mol. The molecule has 15 heavy (non-hydrogen) atoms. The Morgan fingerprint density at radius 1 is 1.40 bits per heavy atom. The minimum absolute atomic E-state index is 0.336. The summed E-state index contributed by atoms with van der Waals surface area (Å²) in [6.45, 7) is 0. The predicted octanol–water partition coefficient (Wildman–Crippen LogP) is -1.27. The zero-order valence-electron chi connectivity index (χ0n) is 7.18. The number of aromatic nitrogens is 6. The summed E-state index contributed by atoms with van der Waals surface area (Å²) in [5.41, 5.74) is 0.765. The van der Waals surface area contributed by atoms with Crippen LogP contribution in [0.15, 0.2) is 18.7 Å². The van der Waals surface area contributed by atoms with E-state index < -0.39 is 4.92 Å². The molecule has 0 spiro atoms. The van der Waals surface area contributed by atoms with Crippen molar-refractivity contribution < 1.29 is 9.55 Å². The Labute approximate surface area is 81.1 Å². The van der Waals surface area contributed by atoms with Crippen LogP contribution in [-0.4, -0.2) is 24.4 Å². The van der Waals surface area contributed by atoms with Crippen LogP contribution in [0.5, 0.6) is 0 Å². The van der Waals surface area contributed by atoms with Gasteiger partial charge in [0.2, 0.25) is 6.33 Å². The van der Waals surface area contributed by atoms with E-state index in [9.17, 15) is 10.1 Å². The summed E-state index contributed by atoms with van der Waals surface area (Å²) in [5, 5.41) is 14.5. The summed E-state index contributed by atoms with van der Waals surface area (Å²) in [6.07, 6.45) is 4.23. The standard InChI is InChI=1S/C6H3N7O2/c14-13(15)6-9-3-11-5-4(10-12(6)11)7-1-2-8-5/h1-3H. The molecule has 9 nitrogen and oxygen atoms in total. The number of fused-ring (bicyclic) bond motifs is 3. The van der Waals surface area contributed by atoms with Gasteiger partial charge in [0.1, 0.15) is 5.65 Å². The zero-order valence-corrected chi connectivity index (χ0v) is 7.18. The molecule has 0 bridgehead atoms. The number of hydrogen-bond donors (Lipinski definition) is 0. The first-order valence-electron chi connectivity index (χ1n) is 3.95. The molecule has 0 aliphatic heterocycles. The molecule has 0 saturated carbocycles. The second-order valence-corrected chi connectivity index (χ2v) is 2.74. The quantitative estimate of drug-likeness (QED) is 0.278. The van der Waals surface area contributed by atoms with E-state index in [0.29, 0.717) is 11.3 Å². The smallest absolute Gasteiger partial charge is 0.362 e. The summed E-state index contributed by atoms with van der Waals surface area (Å²) in [7, 11) is 0. The fraction of sp³-hybridized carbons (Fsp3) is 0. The first-order chi connectivity index (χ1) is 7.27. The molecule has 0 aromatic carbocycles. The van der Waals surface area contributed by atoms with Crippen molar-refractivity contribution in [3.05, 3.63) is 28.8 Å². The van der Waals surface area contributed by atoms with E-state index in [1.807, 2.05) is 0 Å². The van der Waals surface area contributed by atoms with Gasteiger partial charge in [0.05, 0.1) is 15.6 Å². The van der Waals surface area contributed by atoms with Crippen LogP contribution in [0, 0.1) is 10.1 Å². The van der Waals surface area contributed by atoms with Crippen LogP contribution in [0.1, 0.15) is 0 Å². The lowest BCUT2D eigenvalue weighted by molar-refractivity contribution is -0.718. The Balaban J connectivity index is 2.50. The van der Waals surface area contributed by atoms with Crippen molar-refractivity contribution in [2.75, 3.05) is 0 Å². The van der Waals surface area contributed by atoms with Gasteiger partial charge in [0.15, 0.2) is 0 Å². The molecule has 0 atom stereocenters. The SMILES string of the molecule is O=[N+]([O-])c1ncn2c3nccnc3[n-][n+]12. The highest BCUT2D eigenvalue weighted by atomic mass is 16.6. The number of nitrogens with zero attached hydrogens (tertiary/aromatic N) is 7. The van der Waals surface area contributed by atoms with E-state index in [-0.39, 0.29) is 5.95 Å². The van der Waals surface area contributed by atoms with Gasteiger partial charge < -0.3 is 15.1 Å². The van der Waals surface area contributed by atoms with Gasteiger partial charge in [-0.15, -0.1) is 4.52 Å². The van der Waals surface area contributed by atoms with Crippen molar-refractivity contribution in [3.8, 4) is 0 Å². The summed E-state index contributed by atoms with van der Waals surface area (Å²) in [4.78, 5) is 21.5. The van der Waals surface area contributed by atoms with E-state index in [1.54, 1.807) is 0 Å². The van der Waals surface area contributed by atoms with Crippen LogP contribution in [-0.2, 0) is 0 Å². The molecule has 0 radical (unpaired) electrons. The van der Waals surface area contributed by atoms with Crippen LogP contribution in [0.25, 0.3) is 11.3 Å². The third-order valence-corrected chi connectivity index (χ3v) is 1.90. The molecule has 0 N–H and O–H groups in total. The van der Waals surface area contributed by atoms with Crippen molar-refractivity contribution >= 4 is 17.2 Å². The van der Waals surface area contributed by atoms with Crippen molar-refractivity contribution in [3.63, 3.8) is 0 Å². The van der Waals surface area contributed by atoms with Crippen molar-refractivity contribution in [1.82, 2.24) is 24.6 Å². The van der Waals surface area contributed by atoms with Gasteiger partial charge in [-0.3, -0.25) is 0 Å². The van der Waals surface area contributed by atoms with Crippen molar-refractivity contribution in [2.24, 2.45) is 0 Å². The van der Waals surface area contributed by atoms with Crippen LogP contribution in [0.3, 0.4) is 0 Å². The Bertz CT molecular complexity index is 668. The second-order valence-electron chi connectivity index (χ2n) is 2.74. The van der Waals surface area contributed by atoms with Gasteiger partial charge in [-0.05, 0) is 10.8 Å². The molecule has 0 aliphatic rings. The molecule has 0 saturated heterocycles. The topological polar surface area (TPSA) is 104 Å². The van der Waals surface area contributed by atoms with Gasteiger partial charge >= 0.3 is 5.95 Å². The Kier molecular flexibility index (Phi) is 1.28. The van der Waals surface area contributed by atoms with Crippen LogP contribution in [0.4, 0.5) is 5.95 Å². The van der Waals surface area contributed by atoms with E-state index in [2.05, 4.69) is 20.1 Å². The maximum absolute atomic E-state index is 10.6. The van der Waals surface area contributed by atoms with Crippen LogP contribution < -0.4 is 9.73 Å². The first-order valence-corrected chi connectivity index (χ1v) is 3.95. The second kappa shape index (κ2) is 2.47. The van der Waals surface area contributed by atoms with Crippen molar-refractivity contribution in [1.29, 1.82) is 0 Å². The van der Waals surface area contributed by atoms with Gasteiger partial charge in [0.25, 0.3) is 0 Å². The average Bonchev–Trinajstić information content (AvgIpc) is 2.74. The fourth-order valence-electron chi connectivity index (χ4n) is 1.31. The van der Waals surface area contributed by atoms with E-state index in [0.717, 1.165) is 4.63 Å². The fourth-order valence-corrected chi connectivity index (χ4v) is 1.31. The highest BCUT2D eigenvalue weighted by Crippen LogP contribution is 2.03. The van der Waals surface area contributed by atoms with E-state index >= 15 is 0 Å². The zero-order chi connectivity index (χ0) is 10.4. The van der Waals surface area contributed by atoms with Gasteiger partial charge in [0, 0.05) is 6.20 Å². The van der Waals surface area contributed by atoms with E-state index in [1.165, 1.54) is 23.2 Å². The maximum Gasteiger partial charge on any atom is 0.654 e. The summed E-state index contributed by atoms with van der Waals surface area (Å²) < 4.78 is 2.41. The summed E-state index contributed by atoms with van der Waals surface area (Å²) >= 11 is 0. The molecule has 0 amide bonds. The molecule has 0 aliphatic carbocycles. The third kappa shape index (κ3) is 0.907. The highest BCUT2D eigenvalue weighted by molar-refractivity contribution is 5.62. The third-order valence-electron chi connectivity index (χ3n) is 1.90. The molecular weight excluding hydrogens is 202 g/mol. The minimum Gasteiger partial charge on any atom is -0.362 e. The molecule has 3 aromatic heterocycles. The lowest BCUT2D eigenvalue weighted by atomic mass is 10.7. The first kappa shape index (κ1) is 7.79. The lowest BCUT2D eigenvalue weighted by Gasteiger charge is -1.87. The molecule has 74 valence electrons. The Morgan fingerprint density at radius 3 is 3.00 bits per heavy atom. The normalized spacial score (nSPS) is 11.2. The molecule has 0 fully saturated rings. The number of rotatable bonds is 1. The molecule has 0 unspecified atom stereocenters. The van der Waals surface area contributed by atoms with Gasteiger partial charge in [-0.1, -0.05) is 0 Å². The molecule has 3 aromatic rings. The minimum atomic E-state index is -0.619. The Hall–Kier alpha value is -2.58. The van der Waals surface area contributed by atoms with Crippen LogP contribution in [0.2, 0.25) is 0 Å². The monoisotopic (exact) mass is 205 g/mol. The van der Waals surface area contributed by atoms with Gasteiger partial charge in [-0.2, -0.15) is 5.10 Å². The lowest BCUT2D eigenvalue weighted by Crippen LogP contribution is -2.32. The average molecular weight is 205 g/mol. The molecule has 9 heteroatoms. The molecular formula is C6H3N7O2. The van der Waals surface area contributed by atoms with Crippen molar-refractivity contribution in [2.45, 2.75) is 0 Å². The van der Waals surface area contributed by atoms with Gasteiger partial charge in [-0.25, -0.2) is 4.98 Å². The Morgan fingerprint density at radius 2 is 2.20 bits per heavy atom. The van der Waals surface area contributed by atoms with Crippen LogP contribution >= 0.6 is 0 Å². The largest absolute Gasteiger partial charge is 0.654 e. The highest BCUT2D eigenvalue weighted by Gasteiger charge is 2.26.